The summed E-state index contributed by atoms with van der Waals surface area (Å²) in [5, 5.41) is 0. The molecule has 0 saturated heterocycles. The molecule has 0 unspecified atom stereocenters. The average molecular weight is 1140 g/mol. The van der Waals surface area contributed by atoms with Crippen LogP contribution < -0.4 is 0 Å². The van der Waals surface area contributed by atoms with Gasteiger partial charge in [-0.2, -0.15) is 0 Å². The van der Waals surface area contributed by atoms with Gasteiger partial charge in [-0.3, -0.25) is 43.1 Å². The molecular formula is C60H33F6IrN6. The van der Waals surface area contributed by atoms with E-state index in [1.807, 2.05) is 72.8 Å². The second kappa shape index (κ2) is 22.1. The van der Waals surface area contributed by atoms with E-state index in [1.54, 1.807) is 54.6 Å². The molecule has 0 amide bonds. The Morgan fingerprint density at radius 2 is 0.438 bits per heavy atom. The zero-order valence-electron chi connectivity index (χ0n) is 37.8. The maximum Gasteiger partial charge on any atom is 3.00 e. The number of nitrogens with zero attached hydrogens (tertiary/aromatic N) is 6. The fourth-order valence-electron chi connectivity index (χ4n) is 7.65. The van der Waals surface area contributed by atoms with Crippen LogP contribution in [0.2, 0.25) is 0 Å². The number of rotatable bonds is 6. The van der Waals surface area contributed by atoms with Crippen LogP contribution in [0.1, 0.15) is 0 Å². The summed E-state index contributed by atoms with van der Waals surface area (Å²) in [4.78, 5) is 28.0. The van der Waals surface area contributed by atoms with E-state index in [-0.39, 0.29) is 55.0 Å². The van der Waals surface area contributed by atoms with Gasteiger partial charge in [0.05, 0.1) is 50.2 Å². The van der Waals surface area contributed by atoms with Gasteiger partial charge in [0.2, 0.25) is 0 Å². The monoisotopic (exact) mass is 1140 g/mol. The standard InChI is InChI=1S/3C20H11F2N2.Ir/c3*21-15-9-5-13(6-10-15)19-20(14-7-11-16(22)12-8-14)24-18-4-2-1-3-17(18)23-19;/h3*1-7,9-12H;/q3*-1;+3. The van der Waals surface area contributed by atoms with E-state index in [9.17, 15) is 26.3 Å². The first-order chi connectivity index (χ1) is 35.1. The van der Waals surface area contributed by atoms with E-state index in [1.165, 1.54) is 72.8 Å². The quantitative estimate of drug-likeness (QED) is 0.122. The van der Waals surface area contributed by atoms with Crippen LogP contribution in [0.25, 0.3) is 101 Å². The SMILES string of the molecule is Fc1c[c-]c(-c2nc3ccccc3nc2-c2ccc(F)cc2)cc1.Fc1c[c-]c(-c2nc3ccccc3nc2-c2ccc(F)cc2)cc1.Fc1c[c-]c(-c2nc3ccccc3nc2-c2ccc(F)cc2)cc1.[Ir+3]. The van der Waals surface area contributed by atoms with Crippen molar-refractivity contribution in [3.63, 3.8) is 0 Å². The summed E-state index contributed by atoms with van der Waals surface area (Å²) in [7, 11) is 0. The molecule has 0 aliphatic carbocycles. The molecule has 9 aromatic carbocycles. The minimum atomic E-state index is -0.365. The maximum absolute atomic E-state index is 13.2. The van der Waals surface area contributed by atoms with E-state index < -0.39 is 0 Å². The number of halogens is 6. The molecule has 354 valence electrons. The molecule has 0 atom stereocenters. The average Bonchev–Trinajstić information content (AvgIpc) is 3.41. The predicted molar refractivity (Wildman–Crippen MR) is 267 cm³/mol. The Kier molecular flexibility index (Phi) is 14.9. The molecule has 0 N–H and O–H groups in total. The van der Waals surface area contributed by atoms with Gasteiger partial charge in [0.15, 0.2) is 0 Å². The molecule has 0 bridgehead atoms. The van der Waals surface area contributed by atoms with E-state index in [4.69, 9.17) is 0 Å². The number of hydrogen-bond donors (Lipinski definition) is 0. The van der Waals surface area contributed by atoms with Crippen molar-refractivity contribution in [2.45, 2.75) is 0 Å². The minimum absolute atomic E-state index is 0. The van der Waals surface area contributed by atoms with Crippen LogP contribution in [-0.4, -0.2) is 29.9 Å². The van der Waals surface area contributed by atoms with E-state index in [2.05, 4.69) is 48.1 Å². The number of benzene rings is 9. The molecule has 0 radical (unpaired) electrons. The van der Waals surface area contributed by atoms with Crippen molar-refractivity contribution in [1.29, 1.82) is 0 Å². The predicted octanol–water partition coefficient (Wildman–Crippen LogP) is 15.1. The van der Waals surface area contributed by atoms with Gasteiger partial charge in [0.1, 0.15) is 17.5 Å². The van der Waals surface area contributed by atoms with Gasteiger partial charge in [-0.25, -0.2) is 13.2 Å². The summed E-state index contributed by atoms with van der Waals surface area (Å²) in [6, 6.07) is 62.1. The first-order valence-electron chi connectivity index (χ1n) is 22.2. The van der Waals surface area contributed by atoms with Gasteiger partial charge < -0.3 is 0 Å². The summed E-state index contributed by atoms with van der Waals surface area (Å²) in [6.45, 7) is 0. The fourth-order valence-corrected chi connectivity index (χ4v) is 7.65. The maximum atomic E-state index is 13.2. The van der Waals surface area contributed by atoms with Crippen molar-refractivity contribution < 1.29 is 46.4 Å². The summed E-state index contributed by atoms with van der Waals surface area (Å²) in [6.07, 6.45) is 0. The molecule has 0 saturated carbocycles. The summed E-state index contributed by atoms with van der Waals surface area (Å²) >= 11 is 0. The van der Waals surface area contributed by atoms with Gasteiger partial charge >= 0.3 is 20.1 Å². The Balaban J connectivity index is 0.000000134. The van der Waals surface area contributed by atoms with Crippen LogP contribution in [0.3, 0.4) is 0 Å². The summed E-state index contributed by atoms with van der Waals surface area (Å²) in [5.74, 6) is -2.05. The Morgan fingerprint density at radius 3 is 0.644 bits per heavy atom. The Hall–Kier alpha value is -8.77. The van der Waals surface area contributed by atoms with Gasteiger partial charge in [0.25, 0.3) is 0 Å². The van der Waals surface area contributed by atoms with Gasteiger partial charge in [-0.15, -0.1) is 89.5 Å². The van der Waals surface area contributed by atoms with Crippen LogP contribution in [0, 0.1) is 53.1 Å². The largest absolute Gasteiger partial charge is 3.00 e. The molecule has 0 aliphatic heterocycles. The minimum Gasteiger partial charge on any atom is -0.292 e. The third kappa shape index (κ3) is 11.4. The number of fused-ring (bicyclic) bond motifs is 3. The van der Waals surface area contributed by atoms with Crippen LogP contribution in [0.15, 0.2) is 200 Å². The third-order valence-electron chi connectivity index (χ3n) is 11.2. The Labute approximate surface area is 428 Å². The van der Waals surface area contributed by atoms with Gasteiger partial charge in [-0.05, 0) is 89.5 Å². The van der Waals surface area contributed by atoms with Crippen molar-refractivity contribution in [3.05, 3.63) is 253 Å². The van der Waals surface area contributed by atoms with E-state index in [0.717, 1.165) is 49.8 Å². The molecule has 6 nitrogen and oxygen atoms in total. The third-order valence-corrected chi connectivity index (χ3v) is 11.2. The van der Waals surface area contributed by atoms with Crippen LogP contribution in [0.5, 0.6) is 0 Å². The van der Waals surface area contributed by atoms with Crippen molar-refractivity contribution >= 4 is 33.1 Å². The van der Waals surface area contributed by atoms with Crippen molar-refractivity contribution in [2.24, 2.45) is 0 Å². The molecule has 0 fully saturated rings. The normalized spacial score (nSPS) is 10.8. The van der Waals surface area contributed by atoms with Gasteiger partial charge in [-0.1, -0.05) is 72.8 Å². The molecule has 12 rings (SSSR count). The molecule has 0 aliphatic rings. The van der Waals surface area contributed by atoms with E-state index >= 15 is 0 Å². The second-order valence-corrected chi connectivity index (χ2v) is 16.0. The number of hydrogen-bond acceptors (Lipinski definition) is 6. The fraction of sp³-hybridized carbons (Fsp3) is 0. The van der Waals surface area contributed by atoms with Crippen molar-refractivity contribution in [1.82, 2.24) is 29.9 Å². The zero-order chi connectivity index (χ0) is 49.6. The molecule has 73 heavy (non-hydrogen) atoms. The first-order valence-corrected chi connectivity index (χ1v) is 22.2. The molecule has 3 aromatic heterocycles. The zero-order valence-corrected chi connectivity index (χ0v) is 40.2. The number of aromatic nitrogens is 6. The number of para-hydroxylation sites is 6. The van der Waals surface area contributed by atoms with Crippen molar-refractivity contribution in [3.8, 4) is 67.5 Å². The molecule has 12 aromatic rings. The molecular weight excluding hydrogens is 1110 g/mol. The van der Waals surface area contributed by atoms with Crippen LogP contribution in [-0.2, 0) is 20.1 Å². The molecule has 13 heteroatoms. The van der Waals surface area contributed by atoms with Crippen LogP contribution >= 0.6 is 0 Å². The smallest absolute Gasteiger partial charge is 0.292 e. The first kappa shape index (κ1) is 49.2. The molecule has 3 heterocycles. The van der Waals surface area contributed by atoms with Crippen LogP contribution in [0.4, 0.5) is 26.3 Å². The van der Waals surface area contributed by atoms with Crippen molar-refractivity contribution in [2.75, 3.05) is 0 Å². The summed E-state index contributed by atoms with van der Waals surface area (Å²) < 4.78 is 79.4. The second-order valence-electron chi connectivity index (χ2n) is 16.0. The van der Waals surface area contributed by atoms with Gasteiger partial charge in [0, 0.05) is 34.5 Å². The summed E-state index contributed by atoms with van der Waals surface area (Å²) in [5.41, 5.74) is 12.1. The molecule has 0 spiro atoms. The van der Waals surface area contributed by atoms with E-state index in [0.29, 0.717) is 50.9 Å². The Bertz CT molecular complexity index is 3190. The Morgan fingerprint density at radius 1 is 0.233 bits per heavy atom. The topological polar surface area (TPSA) is 77.3 Å².